The van der Waals surface area contributed by atoms with Crippen molar-refractivity contribution in [1.82, 2.24) is 9.36 Å². The maximum Gasteiger partial charge on any atom is 0.145 e. The minimum Gasteiger partial charge on any atom is -0.223 e. The van der Waals surface area contributed by atoms with E-state index in [-0.39, 0.29) is 0 Å². The van der Waals surface area contributed by atoms with E-state index in [1.165, 1.54) is 43.6 Å². The van der Waals surface area contributed by atoms with Crippen LogP contribution in [-0.4, -0.2) is 9.36 Å². The first-order valence-electron chi connectivity index (χ1n) is 4.78. The Labute approximate surface area is 87.5 Å². The Balaban J connectivity index is 2.05. The van der Waals surface area contributed by atoms with Crippen molar-refractivity contribution < 1.29 is 0 Å². The van der Waals surface area contributed by atoms with Crippen molar-refractivity contribution in [3.8, 4) is 0 Å². The molecule has 0 radical (unpaired) electrons. The molecule has 0 bridgehead atoms. The first kappa shape index (κ1) is 9.41. The summed E-state index contributed by atoms with van der Waals surface area (Å²) in [7, 11) is 0. The molecule has 1 fully saturated rings. The topological polar surface area (TPSA) is 25.8 Å². The van der Waals surface area contributed by atoms with Gasteiger partial charge in [0.05, 0.1) is 5.88 Å². The van der Waals surface area contributed by atoms with Crippen LogP contribution in [0.3, 0.4) is 0 Å². The summed E-state index contributed by atoms with van der Waals surface area (Å²) >= 11 is 7.14. The first-order valence-corrected chi connectivity index (χ1v) is 6.09. The van der Waals surface area contributed by atoms with Crippen molar-refractivity contribution in [2.75, 3.05) is 0 Å². The van der Waals surface area contributed by atoms with Gasteiger partial charge in [-0.3, -0.25) is 0 Å². The lowest BCUT2D eigenvalue weighted by Crippen LogP contribution is -2.06. The van der Waals surface area contributed by atoms with Gasteiger partial charge < -0.3 is 0 Å². The molecule has 0 amide bonds. The molecule has 0 unspecified atom stereocenters. The van der Waals surface area contributed by atoms with Gasteiger partial charge in [0.15, 0.2) is 0 Å². The number of halogens is 1. The first-order chi connectivity index (χ1) is 6.40. The molecule has 0 aliphatic heterocycles. The second-order valence-electron chi connectivity index (χ2n) is 3.51. The fraction of sp³-hybridized carbons (Fsp3) is 0.778. The van der Waals surface area contributed by atoms with E-state index < -0.39 is 0 Å². The molecule has 13 heavy (non-hydrogen) atoms. The molecule has 4 heteroatoms. The van der Waals surface area contributed by atoms with Crippen LogP contribution >= 0.6 is 23.1 Å². The molecule has 2 nitrogen and oxygen atoms in total. The average molecular weight is 217 g/mol. The van der Waals surface area contributed by atoms with Crippen LogP contribution in [0, 0.1) is 0 Å². The third kappa shape index (κ3) is 2.20. The molecule has 1 aromatic rings. The lowest BCUT2D eigenvalue weighted by molar-refractivity contribution is 0.431. The number of hydrogen-bond acceptors (Lipinski definition) is 3. The van der Waals surface area contributed by atoms with Crippen LogP contribution < -0.4 is 0 Å². The number of alkyl halides is 1. The van der Waals surface area contributed by atoms with Crippen LogP contribution in [0.4, 0.5) is 0 Å². The maximum atomic E-state index is 5.69. The molecule has 72 valence electrons. The van der Waals surface area contributed by atoms with Gasteiger partial charge in [0.1, 0.15) is 10.8 Å². The minimum atomic E-state index is 0.504. The van der Waals surface area contributed by atoms with Crippen molar-refractivity contribution in [3.05, 3.63) is 10.8 Å². The Kier molecular flexibility index (Phi) is 3.17. The minimum absolute atomic E-state index is 0.504. The van der Waals surface area contributed by atoms with Gasteiger partial charge in [-0.2, -0.15) is 4.37 Å². The largest absolute Gasteiger partial charge is 0.223 e. The zero-order valence-corrected chi connectivity index (χ0v) is 9.07. The van der Waals surface area contributed by atoms with Gasteiger partial charge in [-0.1, -0.05) is 19.3 Å². The number of hydrogen-bond donors (Lipinski definition) is 0. The molecule has 1 aromatic heterocycles. The fourth-order valence-electron chi connectivity index (χ4n) is 1.85. The second kappa shape index (κ2) is 4.38. The third-order valence-electron chi connectivity index (χ3n) is 2.57. The third-order valence-corrected chi connectivity index (χ3v) is 3.70. The fourth-order valence-corrected chi connectivity index (χ4v) is 2.63. The van der Waals surface area contributed by atoms with Crippen molar-refractivity contribution in [2.45, 2.75) is 43.9 Å². The summed E-state index contributed by atoms with van der Waals surface area (Å²) in [5.74, 6) is 2.16. The lowest BCUT2D eigenvalue weighted by Gasteiger charge is -2.18. The number of rotatable bonds is 2. The zero-order chi connectivity index (χ0) is 9.10. The smallest absolute Gasteiger partial charge is 0.145 e. The van der Waals surface area contributed by atoms with Gasteiger partial charge in [-0.15, -0.1) is 11.6 Å². The van der Waals surface area contributed by atoms with E-state index in [2.05, 4.69) is 9.36 Å². The predicted molar refractivity (Wildman–Crippen MR) is 55.3 cm³/mol. The van der Waals surface area contributed by atoms with Gasteiger partial charge in [0.2, 0.25) is 0 Å². The second-order valence-corrected chi connectivity index (χ2v) is 4.62. The quantitative estimate of drug-likeness (QED) is 0.709. The van der Waals surface area contributed by atoms with E-state index in [1.54, 1.807) is 0 Å². The van der Waals surface area contributed by atoms with Gasteiger partial charge in [0, 0.05) is 5.92 Å². The van der Waals surface area contributed by atoms with E-state index in [0.717, 1.165) is 10.8 Å². The molecule has 1 aliphatic carbocycles. The molecule has 1 aliphatic rings. The Morgan fingerprint density at radius 3 is 2.69 bits per heavy atom. The van der Waals surface area contributed by atoms with Crippen LogP contribution in [0.1, 0.15) is 48.9 Å². The Morgan fingerprint density at radius 1 is 1.31 bits per heavy atom. The predicted octanol–water partition coefficient (Wildman–Crippen LogP) is 3.32. The van der Waals surface area contributed by atoms with Crippen molar-refractivity contribution >= 4 is 23.1 Å². The van der Waals surface area contributed by atoms with E-state index in [9.17, 15) is 0 Å². The molecule has 0 aromatic carbocycles. The highest BCUT2D eigenvalue weighted by atomic mass is 35.5. The Bertz CT molecular complexity index is 268. The van der Waals surface area contributed by atoms with Crippen molar-refractivity contribution in [2.24, 2.45) is 0 Å². The van der Waals surface area contributed by atoms with E-state index >= 15 is 0 Å². The summed E-state index contributed by atoms with van der Waals surface area (Å²) in [5, 5.41) is 0.960. The zero-order valence-electron chi connectivity index (χ0n) is 7.50. The normalized spacial score (nSPS) is 19.2. The molecule has 0 spiro atoms. The Morgan fingerprint density at radius 2 is 2.08 bits per heavy atom. The van der Waals surface area contributed by atoms with Gasteiger partial charge in [-0.25, -0.2) is 4.98 Å². The van der Waals surface area contributed by atoms with Crippen LogP contribution in [0.2, 0.25) is 0 Å². The molecule has 1 saturated carbocycles. The number of nitrogens with zero attached hydrogens (tertiary/aromatic N) is 2. The summed E-state index contributed by atoms with van der Waals surface area (Å²) in [4.78, 5) is 4.43. The summed E-state index contributed by atoms with van der Waals surface area (Å²) in [6.45, 7) is 0. The van der Waals surface area contributed by atoms with Gasteiger partial charge in [-0.05, 0) is 24.4 Å². The molecule has 0 N–H and O–H groups in total. The summed E-state index contributed by atoms with van der Waals surface area (Å²) in [6.07, 6.45) is 6.57. The van der Waals surface area contributed by atoms with Crippen LogP contribution in [0.15, 0.2) is 0 Å². The summed E-state index contributed by atoms with van der Waals surface area (Å²) in [5.41, 5.74) is 0. The molecule has 0 saturated heterocycles. The Hall–Kier alpha value is -0.150. The van der Waals surface area contributed by atoms with E-state index in [0.29, 0.717) is 11.8 Å². The van der Waals surface area contributed by atoms with Crippen LogP contribution in [0.25, 0.3) is 0 Å². The molecule has 1 heterocycles. The lowest BCUT2D eigenvalue weighted by atomic mass is 9.89. The maximum absolute atomic E-state index is 5.69. The highest BCUT2D eigenvalue weighted by molar-refractivity contribution is 7.05. The van der Waals surface area contributed by atoms with Crippen molar-refractivity contribution in [1.29, 1.82) is 0 Å². The standard InChI is InChI=1S/C9H13ClN2S/c10-6-8-11-9(12-13-8)7-4-2-1-3-5-7/h7H,1-6H2. The van der Waals surface area contributed by atoms with Gasteiger partial charge in [0.25, 0.3) is 0 Å². The van der Waals surface area contributed by atoms with E-state index in [4.69, 9.17) is 11.6 Å². The van der Waals surface area contributed by atoms with Crippen LogP contribution in [-0.2, 0) is 5.88 Å². The average Bonchev–Trinajstić information content (AvgIpc) is 2.67. The van der Waals surface area contributed by atoms with Crippen molar-refractivity contribution in [3.63, 3.8) is 0 Å². The molecular formula is C9H13ClN2S. The SMILES string of the molecule is ClCc1nc(C2CCCCC2)ns1. The highest BCUT2D eigenvalue weighted by Gasteiger charge is 2.19. The molecule has 2 rings (SSSR count). The summed E-state index contributed by atoms with van der Waals surface area (Å²) in [6, 6.07) is 0. The van der Waals surface area contributed by atoms with E-state index in [1.807, 2.05) is 0 Å². The van der Waals surface area contributed by atoms with Gasteiger partial charge >= 0.3 is 0 Å². The highest BCUT2D eigenvalue weighted by Crippen LogP contribution is 2.31. The summed E-state index contributed by atoms with van der Waals surface area (Å²) < 4.78 is 4.36. The number of aromatic nitrogens is 2. The van der Waals surface area contributed by atoms with Crippen LogP contribution in [0.5, 0.6) is 0 Å². The molecule has 0 atom stereocenters. The molecular weight excluding hydrogens is 204 g/mol. The monoisotopic (exact) mass is 216 g/mol.